The molecule has 6 heteroatoms. The van der Waals surface area contributed by atoms with Gasteiger partial charge in [-0.25, -0.2) is 4.98 Å². The van der Waals surface area contributed by atoms with Gasteiger partial charge in [0, 0.05) is 5.70 Å². The van der Waals surface area contributed by atoms with Gasteiger partial charge in [-0.05, 0) is 43.7 Å². The van der Waals surface area contributed by atoms with Crippen LogP contribution in [0.25, 0.3) is 11.0 Å². The Bertz CT molecular complexity index is 1370. The normalized spacial score (nSPS) is 15.3. The molecule has 1 amide bonds. The van der Waals surface area contributed by atoms with Crippen LogP contribution in [0.15, 0.2) is 84.1 Å². The third-order valence-electron chi connectivity index (χ3n) is 5.79. The minimum absolute atomic E-state index is 0.186. The molecule has 0 unspecified atom stereocenters. The molecule has 160 valence electrons. The van der Waals surface area contributed by atoms with Crippen molar-refractivity contribution < 1.29 is 9.53 Å². The molecule has 0 bridgehead atoms. The average Bonchev–Trinajstić information content (AvgIpc) is 3.16. The van der Waals surface area contributed by atoms with Crippen LogP contribution in [-0.2, 0) is 4.79 Å². The number of hydrogen-bond donors (Lipinski definition) is 2. The monoisotopic (exact) mass is 424 g/mol. The summed E-state index contributed by atoms with van der Waals surface area (Å²) in [5, 5.41) is 6.40. The molecule has 0 fully saturated rings. The maximum atomic E-state index is 13.7. The SMILES string of the molecule is COc1ccccc1NC(=O)C1=C(C)Nc2nc3ccccc3n2[C@H]1c1cccc(C)c1. The summed E-state index contributed by atoms with van der Waals surface area (Å²) in [5.74, 6) is 1.15. The standard InChI is InChI=1S/C26H24N4O2/c1-16-9-8-10-18(15-16)24-23(25(31)28-20-12-5-7-14-22(20)32-3)17(2)27-26-29-19-11-4-6-13-21(19)30(24)26/h4-15,24H,1-3H3,(H,27,29)(H,28,31)/t24-/m0/s1. The average molecular weight is 425 g/mol. The van der Waals surface area contributed by atoms with Crippen molar-refractivity contribution in [3.05, 3.63) is 95.2 Å². The molecule has 0 saturated carbocycles. The van der Waals surface area contributed by atoms with E-state index in [2.05, 4.69) is 40.3 Å². The van der Waals surface area contributed by atoms with Crippen molar-refractivity contribution in [3.63, 3.8) is 0 Å². The number of hydrogen-bond acceptors (Lipinski definition) is 4. The van der Waals surface area contributed by atoms with Gasteiger partial charge in [0.25, 0.3) is 5.91 Å². The van der Waals surface area contributed by atoms with Crippen molar-refractivity contribution in [2.24, 2.45) is 0 Å². The van der Waals surface area contributed by atoms with Crippen LogP contribution in [0.4, 0.5) is 11.6 Å². The van der Waals surface area contributed by atoms with Crippen molar-refractivity contribution in [1.82, 2.24) is 9.55 Å². The number of nitrogens with one attached hydrogen (secondary N) is 2. The summed E-state index contributed by atoms with van der Waals surface area (Å²) in [7, 11) is 1.59. The second-order valence-corrected chi connectivity index (χ2v) is 7.93. The first-order chi connectivity index (χ1) is 15.6. The van der Waals surface area contributed by atoms with Crippen LogP contribution in [0.1, 0.15) is 24.1 Å². The quantitative estimate of drug-likeness (QED) is 0.468. The zero-order valence-electron chi connectivity index (χ0n) is 18.2. The first-order valence-corrected chi connectivity index (χ1v) is 10.5. The summed E-state index contributed by atoms with van der Waals surface area (Å²) >= 11 is 0. The zero-order chi connectivity index (χ0) is 22.2. The molecule has 3 aromatic carbocycles. The molecule has 2 heterocycles. The Morgan fingerprint density at radius 1 is 1.03 bits per heavy atom. The number of benzene rings is 3. The van der Waals surface area contributed by atoms with Gasteiger partial charge in [0.2, 0.25) is 5.95 Å². The number of aryl methyl sites for hydroxylation is 1. The van der Waals surface area contributed by atoms with E-state index in [0.29, 0.717) is 17.0 Å². The number of para-hydroxylation sites is 4. The van der Waals surface area contributed by atoms with E-state index in [9.17, 15) is 4.79 Å². The van der Waals surface area contributed by atoms with E-state index in [0.717, 1.165) is 33.8 Å². The topological polar surface area (TPSA) is 68.2 Å². The number of carbonyl (C=O) groups excluding carboxylic acids is 1. The van der Waals surface area contributed by atoms with Gasteiger partial charge in [0.15, 0.2) is 0 Å². The van der Waals surface area contributed by atoms with E-state index in [1.165, 1.54) is 0 Å². The van der Waals surface area contributed by atoms with Gasteiger partial charge in [0.05, 0.1) is 35.4 Å². The molecular formula is C26H24N4O2. The van der Waals surface area contributed by atoms with Gasteiger partial charge in [-0.15, -0.1) is 0 Å². The predicted octanol–water partition coefficient (Wildman–Crippen LogP) is 5.28. The van der Waals surface area contributed by atoms with Gasteiger partial charge >= 0.3 is 0 Å². The second-order valence-electron chi connectivity index (χ2n) is 7.93. The van der Waals surface area contributed by atoms with Gasteiger partial charge in [-0.2, -0.15) is 0 Å². The summed E-state index contributed by atoms with van der Waals surface area (Å²) in [5.41, 5.74) is 6.05. The largest absolute Gasteiger partial charge is 0.495 e. The van der Waals surface area contributed by atoms with Crippen LogP contribution in [0.3, 0.4) is 0 Å². The number of carbonyl (C=O) groups is 1. The molecule has 5 rings (SSSR count). The summed E-state index contributed by atoms with van der Waals surface area (Å²) in [6.45, 7) is 3.98. The lowest BCUT2D eigenvalue weighted by Crippen LogP contribution is -2.31. The molecule has 1 aliphatic rings. The van der Waals surface area contributed by atoms with Crippen molar-refractivity contribution in [3.8, 4) is 5.75 Å². The Labute approximate surface area is 186 Å². The van der Waals surface area contributed by atoms with E-state index < -0.39 is 0 Å². The molecule has 1 atom stereocenters. The van der Waals surface area contributed by atoms with Crippen LogP contribution < -0.4 is 15.4 Å². The van der Waals surface area contributed by atoms with E-state index in [-0.39, 0.29) is 11.9 Å². The minimum Gasteiger partial charge on any atom is -0.495 e. The molecule has 6 nitrogen and oxygen atoms in total. The fourth-order valence-corrected chi connectivity index (χ4v) is 4.35. The Hall–Kier alpha value is -4.06. The first-order valence-electron chi connectivity index (χ1n) is 10.5. The molecular weight excluding hydrogens is 400 g/mol. The lowest BCUT2D eigenvalue weighted by molar-refractivity contribution is -0.113. The Kier molecular flexibility index (Phi) is 4.90. The number of anilines is 2. The number of rotatable bonds is 4. The number of allylic oxidation sites excluding steroid dienone is 1. The molecule has 2 N–H and O–H groups in total. The fourth-order valence-electron chi connectivity index (χ4n) is 4.35. The van der Waals surface area contributed by atoms with Crippen molar-refractivity contribution in [1.29, 1.82) is 0 Å². The van der Waals surface area contributed by atoms with E-state index in [1.807, 2.05) is 61.5 Å². The molecule has 4 aromatic rings. The smallest absolute Gasteiger partial charge is 0.255 e. The lowest BCUT2D eigenvalue weighted by atomic mass is 9.93. The van der Waals surface area contributed by atoms with Crippen LogP contribution in [0, 0.1) is 6.92 Å². The third-order valence-corrected chi connectivity index (χ3v) is 5.79. The van der Waals surface area contributed by atoms with Crippen molar-refractivity contribution in [2.75, 3.05) is 17.7 Å². The van der Waals surface area contributed by atoms with E-state index >= 15 is 0 Å². The second kappa shape index (κ2) is 7.89. The van der Waals surface area contributed by atoms with E-state index in [4.69, 9.17) is 9.72 Å². The highest BCUT2D eigenvalue weighted by Gasteiger charge is 2.34. The molecule has 32 heavy (non-hydrogen) atoms. The molecule has 0 spiro atoms. The highest BCUT2D eigenvalue weighted by atomic mass is 16.5. The van der Waals surface area contributed by atoms with Crippen LogP contribution in [0.5, 0.6) is 5.75 Å². The van der Waals surface area contributed by atoms with Crippen molar-refractivity contribution >= 4 is 28.6 Å². The number of ether oxygens (including phenoxy) is 1. The number of nitrogens with zero attached hydrogens (tertiary/aromatic N) is 2. The summed E-state index contributed by atoms with van der Waals surface area (Å²) < 4.78 is 7.53. The number of imidazole rings is 1. The number of aromatic nitrogens is 2. The number of methoxy groups -OCH3 is 1. The highest BCUT2D eigenvalue weighted by molar-refractivity contribution is 6.07. The number of fused-ring (bicyclic) bond motifs is 3. The maximum absolute atomic E-state index is 13.7. The van der Waals surface area contributed by atoms with Crippen LogP contribution in [0.2, 0.25) is 0 Å². The Balaban J connectivity index is 1.67. The molecule has 0 aliphatic carbocycles. The predicted molar refractivity (Wildman–Crippen MR) is 127 cm³/mol. The van der Waals surface area contributed by atoms with Crippen LogP contribution in [-0.4, -0.2) is 22.6 Å². The molecule has 0 radical (unpaired) electrons. The van der Waals surface area contributed by atoms with Gasteiger partial charge in [-0.3, -0.25) is 9.36 Å². The van der Waals surface area contributed by atoms with Gasteiger partial charge in [0.1, 0.15) is 5.75 Å². The minimum atomic E-state index is -0.326. The third kappa shape index (κ3) is 3.30. The van der Waals surface area contributed by atoms with Gasteiger partial charge < -0.3 is 15.4 Å². The summed E-state index contributed by atoms with van der Waals surface area (Å²) in [4.78, 5) is 18.5. The lowest BCUT2D eigenvalue weighted by Gasteiger charge is -2.31. The zero-order valence-corrected chi connectivity index (χ0v) is 18.2. The molecule has 1 aliphatic heterocycles. The van der Waals surface area contributed by atoms with Crippen molar-refractivity contribution in [2.45, 2.75) is 19.9 Å². The highest BCUT2D eigenvalue weighted by Crippen LogP contribution is 2.40. The Morgan fingerprint density at radius 3 is 2.62 bits per heavy atom. The summed E-state index contributed by atoms with van der Waals surface area (Å²) in [6.07, 6.45) is 0. The van der Waals surface area contributed by atoms with Gasteiger partial charge in [-0.1, -0.05) is 54.1 Å². The summed E-state index contributed by atoms with van der Waals surface area (Å²) in [6, 6.07) is 23.3. The maximum Gasteiger partial charge on any atom is 0.255 e. The molecule has 1 aromatic heterocycles. The van der Waals surface area contributed by atoms with Crippen LogP contribution >= 0.6 is 0 Å². The fraction of sp³-hybridized carbons (Fsp3) is 0.154. The first kappa shape index (κ1) is 19.9. The molecule has 0 saturated heterocycles. The van der Waals surface area contributed by atoms with E-state index in [1.54, 1.807) is 7.11 Å². The number of amides is 1. The Morgan fingerprint density at radius 2 is 1.81 bits per heavy atom.